The van der Waals surface area contributed by atoms with Crippen molar-refractivity contribution in [1.29, 1.82) is 10.5 Å². The van der Waals surface area contributed by atoms with Crippen molar-refractivity contribution in [2.75, 3.05) is 10.6 Å². The number of hydrogen-bond acceptors (Lipinski definition) is 8. The Balaban J connectivity index is 1.71. The van der Waals surface area contributed by atoms with E-state index >= 15 is 0 Å². The molecule has 0 bridgehead atoms. The lowest BCUT2D eigenvalue weighted by Gasteiger charge is -2.06. The molecule has 0 aliphatic rings. The molecule has 0 radical (unpaired) electrons. The van der Waals surface area contributed by atoms with Gasteiger partial charge < -0.3 is 10.6 Å². The second-order valence-corrected chi connectivity index (χ2v) is 11.2. The van der Waals surface area contributed by atoms with Gasteiger partial charge in [0.05, 0.1) is 9.79 Å². The van der Waals surface area contributed by atoms with Crippen LogP contribution in [0.25, 0.3) is 12.2 Å². The van der Waals surface area contributed by atoms with Gasteiger partial charge in [-0.3, -0.25) is 9.59 Å². The molecule has 0 saturated carbocycles. The monoisotopic (exact) mass is 576 g/mol. The molecule has 12 nitrogen and oxygen atoms in total. The predicted octanol–water partition coefficient (Wildman–Crippen LogP) is 2.07. The highest BCUT2D eigenvalue weighted by Crippen LogP contribution is 2.17. The van der Waals surface area contributed by atoms with Crippen LogP contribution in [0.2, 0.25) is 0 Å². The van der Waals surface area contributed by atoms with Crippen molar-refractivity contribution in [3.8, 4) is 12.1 Å². The predicted molar refractivity (Wildman–Crippen MR) is 147 cm³/mol. The molecule has 40 heavy (non-hydrogen) atoms. The summed E-state index contributed by atoms with van der Waals surface area (Å²) in [6.45, 7) is 0. The standard InChI is InChI=1S/C26H20N6O6S2/c27-15-19(25(33)31-21-5-9-23(10-6-21)39(29,35)36)13-17-1-2-18(4-3-17)14-20(16-28)26(34)32-22-7-11-24(12-8-22)40(30,37)38/h1-14H,(H,31,33)(H,32,34)(H2,29,35,36)(H2,30,37,38)/b19-13-,20-14+. The van der Waals surface area contributed by atoms with Gasteiger partial charge >= 0.3 is 0 Å². The fourth-order valence-electron chi connectivity index (χ4n) is 3.17. The molecule has 2 amide bonds. The average Bonchev–Trinajstić information content (AvgIpc) is 2.90. The summed E-state index contributed by atoms with van der Waals surface area (Å²) in [6.07, 6.45) is 2.65. The average molecular weight is 577 g/mol. The number of nitrogens with zero attached hydrogens (tertiary/aromatic N) is 2. The quantitative estimate of drug-likeness (QED) is 0.229. The Labute approximate surface area is 229 Å². The first-order chi connectivity index (χ1) is 18.8. The van der Waals surface area contributed by atoms with Crippen LogP contribution in [0, 0.1) is 22.7 Å². The Hall–Kier alpha value is -5.12. The van der Waals surface area contributed by atoms with E-state index in [1.807, 2.05) is 0 Å². The number of primary sulfonamides is 2. The minimum Gasteiger partial charge on any atom is -0.321 e. The topological polar surface area (TPSA) is 226 Å². The van der Waals surface area contributed by atoms with Crippen molar-refractivity contribution in [2.24, 2.45) is 10.3 Å². The Bertz CT molecular complexity index is 1680. The fraction of sp³-hybridized carbons (Fsp3) is 0. The lowest BCUT2D eigenvalue weighted by molar-refractivity contribution is -0.113. The van der Waals surface area contributed by atoms with Gasteiger partial charge in [0.15, 0.2) is 0 Å². The highest BCUT2D eigenvalue weighted by molar-refractivity contribution is 7.89. The summed E-state index contributed by atoms with van der Waals surface area (Å²) in [6, 6.07) is 20.0. The zero-order valence-electron chi connectivity index (χ0n) is 20.4. The largest absolute Gasteiger partial charge is 0.321 e. The van der Waals surface area contributed by atoms with E-state index in [0.29, 0.717) is 11.1 Å². The smallest absolute Gasteiger partial charge is 0.266 e. The Morgan fingerprint density at radius 2 is 0.900 bits per heavy atom. The molecule has 0 aromatic heterocycles. The number of nitriles is 2. The highest BCUT2D eigenvalue weighted by Gasteiger charge is 2.13. The SMILES string of the molecule is N#C/C(=C/c1ccc(/C=C(\C#N)C(=O)Nc2ccc(S(N)(=O)=O)cc2)cc1)C(=O)Nc1ccc(S(N)(=O)=O)cc1. The highest BCUT2D eigenvalue weighted by atomic mass is 32.2. The fourth-order valence-corrected chi connectivity index (χ4v) is 4.20. The number of carbonyl (C=O) groups is 2. The zero-order valence-corrected chi connectivity index (χ0v) is 22.0. The number of carbonyl (C=O) groups excluding carboxylic acids is 2. The van der Waals surface area contributed by atoms with Crippen LogP contribution in [0.4, 0.5) is 11.4 Å². The van der Waals surface area contributed by atoms with Gasteiger partial charge in [-0.2, -0.15) is 10.5 Å². The first-order valence-corrected chi connectivity index (χ1v) is 14.1. The van der Waals surface area contributed by atoms with Gasteiger partial charge in [0, 0.05) is 11.4 Å². The normalized spacial score (nSPS) is 12.1. The van der Waals surface area contributed by atoms with E-state index in [-0.39, 0.29) is 32.3 Å². The molecular weight excluding hydrogens is 556 g/mol. The molecule has 0 unspecified atom stereocenters. The van der Waals surface area contributed by atoms with E-state index < -0.39 is 31.9 Å². The third-order valence-corrected chi connectivity index (χ3v) is 7.03. The third kappa shape index (κ3) is 7.94. The van der Waals surface area contributed by atoms with Crippen molar-refractivity contribution in [1.82, 2.24) is 0 Å². The number of hydrogen-bond donors (Lipinski definition) is 4. The summed E-state index contributed by atoms with van der Waals surface area (Å²) in [7, 11) is -7.78. The van der Waals surface area contributed by atoms with E-state index in [0.717, 1.165) is 0 Å². The van der Waals surface area contributed by atoms with Crippen LogP contribution in [0.5, 0.6) is 0 Å². The number of nitrogens with two attached hydrogens (primary N) is 2. The van der Waals surface area contributed by atoms with Gasteiger partial charge in [0.2, 0.25) is 20.0 Å². The van der Waals surface area contributed by atoms with Crippen molar-refractivity contribution in [3.05, 3.63) is 95.1 Å². The lowest BCUT2D eigenvalue weighted by Crippen LogP contribution is -2.15. The number of benzene rings is 3. The molecule has 3 rings (SSSR count). The van der Waals surface area contributed by atoms with Crippen molar-refractivity contribution in [2.45, 2.75) is 9.79 Å². The van der Waals surface area contributed by atoms with Crippen LogP contribution < -0.4 is 20.9 Å². The minimum atomic E-state index is -3.89. The maximum atomic E-state index is 12.5. The molecule has 0 spiro atoms. The molecule has 14 heteroatoms. The molecule has 0 saturated heterocycles. The molecule has 0 aliphatic heterocycles. The van der Waals surface area contributed by atoms with Crippen LogP contribution in [-0.2, 0) is 29.6 Å². The number of rotatable bonds is 8. The number of nitrogens with one attached hydrogen (secondary N) is 2. The van der Waals surface area contributed by atoms with Crippen molar-refractivity contribution >= 4 is 55.4 Å². The molecule has 3 aromatic rings. The molecule has 0 aliphatic carbocycles. The van der Waals surface area contributed by atoms with E-state index in [1.165, 1.54) is 60.7 Å². The van der Waals surface area contributed by atoms with Gasteiger partial charge in [-0.1, -0.05) is 24.3 Å². The van der Waals surface area contributed by atoms with Crippen LogP contribution >= 0.6 is 0 Å². The molecule has 202 valence electrons. The summed E-state index contributed by atoms with van der Waals surface area (Å²) in [4.78, 5) is 24.7. The second-order valence-electron chi connectivity index (χ2n) is 8.05. The third-order valence-electron chi connectivity index (χ3n) is 5.17. The molecular formula is C26H20N6O6S2. The summed E-state index contributed by atoms with van der Waals surface area (Å²) < 4.78 is 45.4. The molecule has 3 aromatic carbocycles. The molecule has 0 fully saturated rings. The summed E-state index contributed by atoms with van der Waals surface area (Å²) in [5.74, 6) is -1.45. The van der Waals surface area contributed by atoms with Gasteiger partial charge in [0.25, 0.3) is 11.8 Å². The lowest BCUT2D eigenvalue weighted by atomic mass is 10.1. The Kier molecular flexibility index (Phi) is 8.95. The van der Waals surface area contributed by atoms with Crippen LogP contribution in [0.1, 0.15) is 11.1 Å². The van der Waals surface area contributed by atoms with E-state index in [9.17, 15) is 36.9 Å². The van der Waals surface area contributed by atoms with Gasteiger partial charge in [0.1, 0.15) is 23.3 Å². The zero-order chi connectivity index (χ0) is 29.5. The maximum absolute atomic E-state index is 12.5. The van der Waals surface area contributed by atoms with Crippen molar-refractivity contribution < 1.29 is 26.4 Å². The molecule has 0 heterocycles. The number of amides is 2. The van der Waals surface area contributed by atoms with Crippen LogP contribution in [0.3, 0.4) is 0 Å². The Morgan fingerprint density at radius 1 is 0.600 bits per heavy atom. The Morgan fingerprint density at radius 3 is 1.15 bits per heavy atom. The molecule has 6 N–H and O–H groups in total. The summed E-state index contributed by atoms with van der Waals surface area (Å²) in [5.41, 5.74) is 0.995. The number of sulfonamides is 2. The number of anilines is 2. The first-order valence-electron chi connectivity index (χ1n) is 11.0. The van der Waals surface area contributed by atoms with Crippen molar-refractivity contribution in [3.63, 3.8) is 0 Å². The minimum absolute atomic E-state index is 0.133. The summed E-state index contributed by atoms with van der Waals surface area (Å²) in [5, 5.41) is 33.9. The van der Waals surface area contributed by atoms with Crippen LogP contribution in [-0.4, -0.2) is 28.6 Å². The van der Waals surface area contributed by atoms with Gasteiger partial charge in [-0.25, -0.2) is 27.1 Å². The first kappa shape index (κ1) is 29.4. The molecule has 0 atom stereocenters. The second kappa shape index (κ2) is 12.2. The van der Waals surface area contributed by atoms with E-state index in [2.05, 4.69) is 10.6 Å². The van der Waals surface area contributed by atoms with E-state index in [4.69, 9.17) is 10.3 Å². The van der Waals surface area contributed by atoms with Gasteiger partial charge in [-0.05, 0) is 71.8 Å². The summed E-state index contributed by atoms with van der Waals surface area (Å²) >= 11 is 0. The maximum Gasteiger partial charge on any atom is 0.266 e. The van der Waals surface area contributed by atoms with Gasteiger partial charge in [-0.15, -0.1) is 0 Å². The van der Waals surface area contributed by atoms with E-state index in [1.54, 1.807) is 36.4 Å². The van der Waals surface area contributed by atoms with Crippen LogP contribution in [0.15, 0.2) is 93.7 Å².